The lowest BCUT2D eigenvalue weighted by Gasteiger charge is -2.15. The minimum atomic E-state index is -0.832. The molecule has 0 aliphatic heterocycles. The van der Waals surface area contributed by atoms with E-state index >= 15 is 0 Å². The largest absolute Gasteiger partial charge is 0.493 e. The minimum absolute atomic E-state index is 0.397. The van der Waals surface area contributed by atoms with Crippen LogP contribution in [-0.2, 0) is 4.79 Å². The lowest BCUT2D eigenvalue weighted by atomic mass is 10.1. The van der Waals surface area contributed by atoms with E-state index in [2.05, 4.69) is 5.32 Å². The second kappa shape index (κ2) is 7.01. The van der Waals surface area contributed by atoms with Crippen LogP contribution in [0, 0.1) is 13.8 Å². The third-order valence-corrected chi connectivity index (χ3v) is 2.97. The molecule has 18 heavy (non-hydrogen) atoms. The molecular formula is C14H21NO3. The van der Waals surface area contributed by atoms with Gasteiger partial charge in [0.25, 0.3) is 0 Å². The molecule has 1 atom stereocenters. The van der Waals surface area contributed by atoms with Crippen LogP contribution in [0.2, 0.25) is 0 Å². The van der Waals surface area contributed by atoms with Crippen LogP contribution in [0.3, 0.4) is 0 Å². The summed E-state index contributed by atoms with van der Waals surface area (Å²) in [6.07, 6.45) is 0.455. The number of carbonyl (C=O) groups is 1. The first-order chi connectivity index (χ1) is 8.56. The average molecular weight is 251 g/mol. The Balaban J connectivity index is 2.50. The Kier molecular flexibility index (Phi) is 5.65. The van der Waals surface area contributed by atoms with E-state index in [0.717, 1.165) is 11.3 Å². The highest BCUT2D eigenvalue weighted by Crippen LogP contribution is 2.20. The third-order valence-electron chi connectivity index (χ3n) is 2.97. The van der Waals surface area contributed by atoms with Crippen molar-refractivity contribution in [2.45, 2.75) is 33.2 Å². The third kappa shape index (κ3) is 4.04. The fraction of sp³-hybridized carbons (Fsp3) is 0.500. The van der Waals surface area contributed by atoms with Crippen LogP contribution in [0.5, 0.6) is 5.75 Å². The van der Waals surface area contributed by atoms with Crippen LogP contribution in [0.1, 0.15) is 24.5 Å². The maximum Gasteiger partial charge on any atom is 0.320 e. The van der Waals surface area contributed by atoms with E-state index in [4.69, 9.17) is 9.84 Å². The summed E-state index contributed by atoms with van der Waals surface area (Å²) in [5.74, 6) is -0.00273. The zero-order chi connectivity index (χ0) is 13.5. The summed E-state index contributed by atoms with van der Waals surface area (Å²) in [7, 11) is 0. The van der Waals surface area contributed by atoms with Gasteiger partial charge in [-0.1, -0.05) is 19.1 Å². The Morgan fingerprint density at radius 2 is 2.17 bits per heavy atom. The molecule has 1 aromatic carbocycles. The molecule has 0 spiro atoms. The highest BCUT2D eigenvalue weighted by atomic mass is 16.5. The van der Waals surface area contributed by atoms with Gasteiger partial charge < -0.3 is 15.2 Å². The van der Waals surface area contributed by atoms with Gasteiger partial charge >= 0.3 is 5.97 Å². The molecule has 100 valence electrons. The zero-order valence-corrected chi connectivity index (χ0v) is 11.2. The number of hydrogen-bond acceptors (Lipinski definition) is 3. The van der Waals surface area contributed by atoms with Gasteiger partial charge in [0.05, 0.1) is 6.61 Å². The van der Waals surface area contributed by atoms with Crippen LogP contribution < -0.4 is 10.1 Å². The van der Waals surface area contributed by atoms with Gasteiger partial charge in [0.2, 0.25) is 0 Å². The second-order valence-corrected chi connectivity index (χ2v) is 4.28. The molecule has 1 aromatic rings. The molecule has 0 aliphatic carbocycles. The Hall–Kier alpha value is -1.55. The number of likely N-dealkylation sites (N-methyl/N-ethyl adjacent to an activating group) is 1. The minimum Gasteiger partial charge on any atom is -0.493 e. The Bertz CT molecular complexity index is 404. The van der Waals surface area contributed by atoms with Gasteiger partial charge in [-0.25, -0.2) is 0 Å². The molecule has 1 unspecified atom stereocenters. The van der Waals surface area contributed by atoms with Crippen molar-refractivity contribution in [3.8, 4) is 5.75 Å². The van der Waals surface area contributed by atoms with Crippen molar-refractivity contribution in [2.24, 2.45) is 0 Å². The van der Waals surface area contributed by atoms with Gasteiger partial charge in [0, 0.05) is 6.42 Å². The molecule has 0 amide bonds. The van der Waals surface area contributed by atoms with Gasteiger partial charge in [-0.05, 0) is 37.6 Å². The van der Waals surface area contributed by atoms with Crippen LogP contribution in [0.25, 0.3) is 0 Å². The molecule has 0 bridgehead atoms. The molecule has 0 saturated heterocycles. The van der Waals surface area contributed by atoms with Crippen molar-refractivity contribution >= 4 is 5.97 Å². The maximum absolute atomic E-state index is 10.9. The number of hydrogen-bond donors (Lipinski definition) is 2. The van der Waals surface area contributed by atoms with Gasteiger partial charge in [-0.3, -0.25) is 4.79 Å². The Labute approximate surface area is 108 Å². The summed E-state index contributed by atoms with van der Waals surface area (Å²) in [4.78, 5) is 10.9. The van der Waals surface area contributed by atoms with E-state index in [1.165, 1.54) is 5.56 Å². The van der Waals surface area contributed by atoms with E-state index in [-0.39, 0.29) is 0 Å². The van der Waals surface area contributed by atoms with E-state index in [1.54, 1.807) is 0 Å². The fourth-order valence-corrected chi connectivity index (χ4v) is 1.73. The number of rotatable bonds is 7. The number of benzene rings is 1. The highest BCUT2D eigenvalue weighted by molar-refractivity contribution is 5.73. The fourth-order valence-electron chi connectivity index (χ4n) is 1.73. The molecule has 0 fully saturated rings. The van der Waals surface area contributed by atoms with E-state index in [0.29, 0.717) is 19.6 Å². The summed E-state index contributed by atoms with van der Waals surface area (Å²) in [6, 6.07) is 5.34. The normalized spacial score (nSPS) is 12.2. The van der Waals surface area contributed by atoms with Crippen molar-refractivity contribution < 1.29 is 14.6 Å². The van der Waals surface area contributed by atoms with Crippen molar-refractivity contribution in [2.75, 3.05) is 13.2 Å². The molecule has 2 N–H and O–H groups in total. The monoisotopic (exact) mass is 251 g/mol. The summed E-state index contributed by atoms with van der Waals surface area (Å²) >= 11 is 0. The summed E-state index contributed by atoms with van der Waals surface area (Å²) in [5, 5.41) is 11.9. The van der Waals surface area contributed by atoms with Gasteiger partial charge in [-0.15, -0.1) is 0 Å². The van der Waals surface area contributed by atoms with Crippen molar-refractivity contribution in [1.29, 1.82) is 0 Å². The molecule has 1 rings (SSSR count). The first kappa shape index (κ1) is 14.5. The van der Waals surface area contributed by atoms with E-state index < -0.39 is 12.0 Å². The molecule has 4 heteroatoms. The van der Waals surface area contributed by atoms with Crippen molar-refractivity contribution in [3.63, 3.8) is 0 Å². The first-order valence-corrected chi connectivity index (χ1v) is 6.21. The number of nitrogens with one attached hydrogen (secondary N) is 1. The average Bonchev–Trinajstić information content (AvgIpc) is 2.33. The summed E-state index contributed by atoms with van der Waals surface area (Å²) in [5.41, 5.74) is 2.28. The van der Waals surface area contributed by atoms with Crippen molar-refractivity contribution in [3.05, 3.63) is 29.3 Å². The molecule has 0 aliphatic rings. The number of ether oxygens (including phenoxy) is 1. The van der Waals surface area contributed by atoms with Crippen molar-refractivity contribution in [1.82, 2.24) is 5.32 Å². The SMILES string of the molecule is CCNC(CCOc1cccc(C)c1C)C(=O)O. The van der Waals surface area contributed by atoms with Crippen LogP contribution >= 0.6 is 0 Å². The smallest absolute Gasteiger partial charge is 0.320 e. The zero-order valence-electron chi connectivity index (χ0n) is 11.2. The van der Waals surface area contributed by atoms with Gasteiger partial charge in [0.15, 0.2) is 0 Å². The van der Waals surface area contributed by atoms with Crippen LogP contribution in [-0.4, -0.2) is 30.3 Å². The molecule has 4 nitrogen and oxygen atoms in total. The number of aliphatic carboxylic acids is 1. The molecule has 0 saturated carbocycles. The van der Waals surface area contributed by atoms with E-state index in [1.807, 2.05) is 39.0 Å². The van der Waals surface area contributed by atoms with E-state index in [9.17, 15) is 4.79 Å². The van der Waals surface area contributed by atoms with Gasteiger partial charge in [0.1, 0.15) is 11.8 Å². The maximum atomic E-state index is 10.9. The molecule has 0 aromatic heterocycles. The predicted octanol–water partition coefficient (Wildman–Crippen LogP) is 2.14. The highest BCUT2D eigenvalue weighted by Gasteiger charge is 2.15. The van der Waals surface area contributed by atoms with Crippen LogP contribution in [0.4, 0.5) is 0 Å². The topological polar surface area (TPSA) is 58.6 Å². The Morgan fingerprint density at radius 3 is 2.78 bits per heavy atom. The number of carboxylic acid groups (broad SMARTS) is 1. The number of carboxylic acids is 1. The molecular weight excluding hydrogens is 230 g/mol. The lowest BCUT2D eigenvalue weighted by molar-refractivity contribution is -0.139. The molecule has 0 heterocycles. The quantitative estimate of drug-likeness (QED) is 0.779. The lowest BCUT2D eigenvalue weighted by Crippen LogP contribution is -2.37. The van der Waals surface area contributed by atoms with Crippen LogP contribution in [0.15, 0.2) is 18.2 Å². The first-order valence-electron chi connectivity index (χ1n) is 6.21. The number of aryl methyl sites for hydroxylation is 1. The second-order valence-electron chi connectivity index (χ2n) is 4.28. The Morgan fingerprint density at radius 1 is 1.44 bits per heavy atom. The molecule has 0 radical (unpaired) electrons. The summed E-state index contributed by atoms with van der Waals surface area (Å²) in [6.45, 7) is 6.96. The summed E-state index contributed by atoms with van der Waals surface area (Å²) < 4.78 is 5.64. The standard InChI is InChI=1S/C14H21NO3/c1-4-15-12(14(16)17)8-9-18-13-7-5-6-10(2)11(13)3/h5-7,12,15H,4,8-9H2,1-3H3,(H,16,17). The van der Waals surface area contributed by atoms with Gasteiger partial charge in [-0.2, -0.15) is 0 Å². The predicted molar refractivity (Wildman–Crippen MR) is 71.1 cm³/mol.